The monoisotopic (exact) mass is 356 g/mol. The Labute approximate surface area is 120 Å². The van der Waals surface area contributed by atoms with E-state index in [4.69, 9.17) is 16.3 Å². The van der Waals surface area contributed by atoms with Crippen LogP contribution in [-0.2, 0) is 10.0 Å². The van der Waals surface area contributed by atoms with Gasteiger partial charge in [0.15, 0.2) is 5.75 Å². The van der Waals surface area contributed by atoms with Crippen molar-refractivity contribution in [2.24, 2.45) is 0 Å². The highest BCUT2D eigenvalue weighted by Crippen LogP contribution is 2.35. The van der Waals surface area contributed by atoms with E-state index in [9.17, 15) is 8.42 Å². The maximum Gasteiger partial charge on any atom is 0.244 e. The van der Waals surface area contributed by atoms with E-state index >= 15 is 0 Å². The quantitative estimate of drug-likeness (QED) is 0.759. The fourth-order valence-corrected chi connectivity index (χ4v) is 3.74. The number of halogens is 2. The standard InChI is InChI=1S/C10H14BrClN2O3S/c1-13-3-4-14-18(15,16)9-6-7(12)5-8(11)10(9)17-2/h5-6,13-14H,3-4H2,1-2H3. The molecule has 102 valence electrons. The minimum absolute atomic E-state index is 0.0143. The molecule has 8 heteroatoms. The van der Waals surface area contributed by atoms with Gasteiger partial charge in [-0.05, 0) is 35.1 Å². The first-order valence-electron chi connectivity index (χ1n) is 5.09. The van der Waals surface area contributed by atoms with Crippen molar-refractivity contribution < 1.29 is 13.2 Å². The van der Waals surface area contributed by atoms with E-state index in [2.05, 4.69) is 26.0 Å². The van der Waals surface area contributed by atoms with Crippen molar-refractivity contribution in [1.29, 1.82) is 0 Å². The third-order valence-electron chi connectivity index (χ3n) is 2.14. The number of ether oxygens (including phenoxy) is 1. The van der Waals surface area contributed by atoms with Crippen molar-refractivity contribution in [2.45, 2.75) is 4.90 Å². The Morgan fingerprint density at radius 3 is 2.61 bits per heavy atom. The summed E-state index contributed by atoms with van der Waals surface area (Å²) in [6.45, 7) is 0.815. The van der Waals surface area contributed by atoms with Gasteiger partial charge in [-0.1, -0.05) is 11.6 Å². The molecule has 0 saturated heterocycles. The van der Waals surface area contributed by atoms with Crippen LogP contribution >= 0.6 is 27.5 Å². The maximum absolute atomic E-state index is 12.1. The Balaban J connectivity index is 3.14. The third kappa shape index (κ3) is 3.83. The molecule has 2 N–H and O–H groups in total. The second kappa shape index (κ2) is 6.72. The zero-order valence-electron chi connectivity index (χ0n) is 9.96. The molecule has 0 fully saturated rings. The minimum atomic E-state index is -3.65. The van der Waals surface area contributed by atoms with Crippen molar-refractivity contribution in [3.63, 3.8) is 0 Å². The zero-order chi connectivity index (χ0) is 13.8. The van der Waals surface area contributed by atoms with Crippen LogP contribution in [0.2, 0.25) is 5.02 Å². The molecule has 0 amide bonds. The first-order chi connectivity index (χ1) is 8.42. The number of rotatable bonds is 6. The van der Waals surface area contributed by atoms with Crippen LogP contribution in [-0.4, -0.2) is 35.7 Å². The lowest BCUT2D eigenvalue weighted by atomic mass is 10.3. The number of methoxy groups -OCH3 is 1. The van der Waals surface area contributed by atoms with E-state index in [0.717, 1.165) is 0 Å². The van der Waals surface area contributed by atoms with Gasteiger partial charge >= 0.3 is 0 Å². The van der Waals surface area contributed by atoms with Crippen molar-refractivity contribution in [3.8, 4) is 5.75 Å². The van der Waals surface area contributed by atoms with Gasteiger partial charge in [-0.15, -0.1) is 0 Å². The predicted molar refractivity (Wildman–Crippen MR) is 74.8 cm³/mol. The molecule has 0 radical (unpaired) electrons. The molecule has 5 nitrogen and oxygen atoms in total. The van der Waals surface area contributed by atoms with Gasteiger partial charge in [-0.25, -0.2) is 13.1 Å². The summed E-state index contributed by atoms with van der Waals surface area (Å²) in [4.78, 5) is 0.0143. The van der Waals surface area contributed by atoms with Gasteiger partial charge in [0.2, 0.25) is 10.0 Å². The first-order valence-corrected chi connectivity index (χ1v) is 7.75. The molecule has 18 heavy (non-hydrogen) atoms. The van der Waals surface area contributed by atoms with Gasteiger partial charge in [0.1, 0.15) is 4.90 Å². The fraction of sp³-hybridized carbons (Fsp3) is 0.400. The molecular formula is C10H14BrClN2O3S. The lowest BCUT2D eigenvalue weighted by Crippen LogP contribution is -2.30. The largest absolute Gasteiger partial charge is 0.494 e. The second-order valence-corrected chi connectivity index (χ2v) is 6.45. The van der Waals surface area contributed by atoms with Crippen LogP contribution in [0.4, 0.5) is 0 Å². The van der Waals surface area contributed by atoms with Crippen LogP contribution in [0, 0.1) is 0 Å². The molecule has 0 aliphatic rings. The number of hydrogen-bond acceptors (Lipinski definition) is 4. The van der Waals surface area contributed by atoms with Gasteiger partial charge in [-0.3, -0.25) is 0 Å². The maximum atomic E-state index is 12.1. The normalized spacial score (nSPS) is 11.6. The topological polar surface area (TPSA) is 67.4 Å². The molecule has 1 aromatic rings. The third-order valence-corrected chi connectivity index (χ3v) is 4.41. The summed E-state index contributed by atoms with van der Waals surface area (Å²) in [5.41, 5.74) is 0. The van der Waals surface area contributed by atoms with Crippen LogP contribution in [0.3, 0.4) is 0 Å². The first kappa shape index (κ1) is 15.7. The van der Waals surface area contributed by atoms with Gasteiger partial charge in [0.25, 0.3) is 0 Å². The summed E-state index contributed by atoms with van der Waals surface area (Å²) in [6.07, 6.45) is 0. The fourth-order valence-electron chi connectivity index (χ4n) is 1.32. The molecular weight excluding hydrogens is 344 g/mol. The number of benzene rings is 1. The molecule has 0 aromatic heterocycles. The smallest absolute Gasteiger partial charge is 0.244 e. The molecule has 0 aliphatic carbocycles. The van der Waals surface area contributed by atoms with Gasteiger partial charge in [-0.2, -0.15) is 0 Å². The summed E-state index contributed by atoms with van der Waals surface area (Å²) in [6, 6.07) is 2.93. The lowest BCUT2D eigenvalue weighted by molar-refractivity contribution is 0.399. The van der Waals surface area contributed by atoms with E-state index in [1.54, 1.807) is 13.1 Å². The van der Waals surface area contributed by atoms with E-state index in [1.165, 1.54) is 13.2 Å². The van der Waals surface area contributed by atoms with Crippen LogP contribution < -0.4 is 14.8 Å². The molecule has 0 aliphatic heterocycles. The average molecular weight is 358 g/mol. The molecule has 0 unspecified atom stereocenters. The highest BCUT2D eigenvalue weighted by molar-refractivity contribution is 9.10. The van der Waals surface area contributed by atoms with Crippen LogP contribution in [0.25, 0.3) is 0 Å². The number of hydrogen-bond donors (Lipinski definition) is 2. The Morgan fingerprint density at radius 2 is 2.06 bits per heavy atom. The van der Waals surface area contributed by atoms with Gasteiger partial charge in [0, 0.05) is 18.1 Å². The van der Waals surface area contributed by atoms with Gasteiger partial charge < -0.3 is 10.1 Å². The zero-order valence-corrected chi connectivity index (χ0v) is 13.1. The Kier molecular flexibility index (Phi) is 5.87. The predicted octanol–water partition coefficient (Wildman–Crippen LogP) is 1.61. The van der Waals surface area contributed by atoms with Crippen LogP contribution in [0.5, 0.6) is 5.75 Å². The Bertz CT molecular complexity index is 522. The molecule has 1 rings (SSSR count). The van der Waals surface area contributed by atoms with Crippen LogP contribution in [0.15, 0.2) is 21.5 Å². The Hall–Kier alpha value is -0.340. The summed E-state index contributed by atoms with van der Waals surface area (Å²) < 4.78 is 32.2. The second-order valence-electron chi connectivity index (χ2n) is 3.42. The van der Waals surface area contributed by atoms with Crippen molar-refractivity contribution in [3.05, 3.63) is 21.6 Å². The number of likely N-dealkylation sites (N-methyl/N-ethyl adjacent to an activating group) is 1. The average Bonchev–Trinajstić information content (AvgIpc) is 2.28. The molecule has 0 bridgehead atoms. The summed E-state index contributed by atoms with van der Waals surface area (Å²) in [7, 11) is -0.505. The molecule has 1 aromatic carbocycles. The van der Waals surface area contributed by atoms with Crippen molar-refractivity contribution in [1.82, 2.24) is 10.0 Å². The highest BCUT2D eigenvalue weighted by atomic mass is 79.9. The van der Waals surface area contributed by atoms with Crippen LogP contribution in [0.1, 0.15) is 0 Å². The molecule has 0 saturated carbocycles. The molecule has 0 atom stereocenters. The van der Waals surface area contributed by atoms with E-state index in [-0.39, 0.29) is 17.2 Å². The lowest BCUT2D eigenvalue weighted by Gasteiger charge is -2.12. The highest BCUT2D eigenvalue weighted by Gasteiger charge is 2.21. The number of nitrogens with one attached hydrogen (secondary N) is 2. The van der Waals surface area contributed by atoms with E-state index in [1.807, 2.05) is 0 Å². The van der Waals surface area contributed by atoms with Crippen molar-refractivity contribution >= 4 is 37.6 Å². The summed E-state index contributed by atoms with van der Waals surface area (Å²) >= 11 is 9.07. The van der Waals surface area contributed by atoms with Crippen molar-refractivity contribution in [2.75, 3.05) is 27.2 Å². The molecule has 0 spiro atoms. The summed E-state index contributed by atoms with van der Waals surface area (Å²) in [5, 5.41) is 3.17. The molecule has 0 heterocycles. The minimum Gasteiger partial charge on any atom is -0.494 e. The summed E-state index contributed by atoms with van der Waals surface area (Å²) in [5.74, 6) is 0.233. The van der Waals surface area contributed by atoms with E-state index in [0.29, 0.717) is 16.0 Å². The van der Waals surface area contributed by atoms with Gasteiger partial charge in [0.05, 0.1) is 11.6 Å². The Morgan fingerprint density at radius 1 is 1.39 bits per heavy atom. The number of sulfonamides is 1. The van der Waals surface area contributed by atoms with E-state index < -0.39 is 10.0 Å². The SMILES string of the molecule is CNCCNS(=O)(=O)c1cc(Cl)cc(Br)c1OC.